The van der Waals surface area contributed by atoms with Gasteiger partial charge in [-0.3, -0.25) is 14.6 Å². The average Bonchev–Trinajstić information content (AvgIpc) is 2.79. The third-order valence-corrected chi connectivity index (χ3v) is 5.15. The van der Waals surface area contributed by atoms with Gasteiger partial charge < -0.3 is 19.5 Å². The molecular formula is C23H31N3O4. The number of rotatable bonds is 10. The first-order chi connectivity index (χ1) is 14.7. The SMILES string of the molecule is COc1ccc(CN2CCN(CC(=O)NCCOc3ccccc3OC)CC2)cc1. The van der Waals surface area contributed by atoms with Crippen LogP contribution in [0.2, 0.25) is 0 Å². The van der Waals surface area contributed by atoms with E-state index in [1.807, 2.05) is 36.4 Å². The molecule has 0 aromatic heterocycles. The van der Waals surface area contributed by atoms with Crippen LogP contribution < -0.4 is 19.5 Å². The zero-order chi connectivity index (χ0) is 21.2. The number of hydrogen-bond donors (Lipinski definition) is 1. The lowest BCUT2D eigenvalue weighted by Gasteiger charge is -2.34. The van der Waals surface area contributed by atoms with Crippen molar-refractivity contribution in [3.8, 4) is 17.2 Å². The Hall–Kier alpha value is -2.77. The van der Waals surface area contributed by atoms with Gasteiger partial charge in [0.2, 0.25) is 5.91 Å². The predicted molar refractivity (Wildman–Crippen MR) is 116 cm³/mol. The molecule has 1 amide bonds. The van der Waals surface area contributed by atoms with E-state index in [9.17, 15) is 4.79 Å². The molecule has 0 unspecified atom stereocenters. The topological polar surface area (TPSA) is 63.3 Å². The number of nitrogens with one attached hydrogen (secondary N) is 1. The number of piperazine rings is 1. The number of carbonyl (C=O) groups is 1. The molecule has 162 valence electrons. The van der Waals surface area contributed by atoms with E-state index < -0.39 is 0 Å². The van der Waals surface area contributed by atoms with Crippen LogP contribution in [0, 0.1) is 0 Å². The number of methoxy groups -OCH3 is 2. The molecule has 2 aromatic carbocycles. The van der Waals surface area contributed by atoms with E-state index >= 15 is 0 Å². The molecule has 7 nitrogen and oxygen atoms in total. The summed E-state index contributed by atoms with van der Waals surface area (Å²) in [4.78, 5) is 16.8. The van der Waals surface area contributed by atoms with E-state index in [1.54, 1.807) is 14.2 Å². The first-order valence-electron chi connectivity index (χ1n) is 10.3. The van der Waals surface area contributed by atoms with Crippen molar-refractivity contribution in [2.45, 2.75) is 6.54 Å². The van der Waals surface area contributed by atoms with Crippen LogP contribution >= 0.6 is 0 Å². The summed E-state index contributed by atoms with van der Waals surface area (Å²) >= 11 is 0. The Kier molecular flexibility index (Phi) is 8.35. The van der Waals surface area contributed by atoms with E-state index in [1.165, 1.54) is 5.56 Å². The maximum absolute atomic E-state index is 12.2. The Bertz CT molecular complexity index is 789. The normalized spacial score (nSPS) is 14.9. The second-order valence-electron chi connectivity index (χ2n) is 7.25. The summed E-state index contributed by atoms with van der Waals surface area (Å²) in [5, 5.41) is 2.93. The van der Waals surface area contributed by atoms with E-state index in [0.717, 1.165) is 38.5 Å². The standard InChI is InChI=1S/C23H31N3O4/c1-28-20-9-7-19(8-10-20)17-25-12-14-26(15-13-25)18-23(27)24-11-16-30-22-6-4-3-5-21(22)29-2/h3-10H,11-18H2,1-2H3,(H,24,27). The molecule has 0 radical (unpaired) electrons. The molecule has 0 saturated carbocycles. The molecule has 3 rings (SSSR count). The van der Waals surface area contributed by atoms with Crippen LogP contribution in [0.5, 0.6) is 17.2 Å². The monoisotopic (exact) mass is 413 g/mol. The zero-order valence-corrected chi connectivity index (χ0v) is 17.8. The highest BCUT2D eigenvalue weighted by molar-refractivity contribution is 5.78. The third-order valence-electron chi connectivity index (χ3n) is 5.15. The highest BCUT2D eigenvalue weighted by Crippen LogP contribution is 2.25. The molecule has 2 aromatic rings. The lowest BCUT2D eigenvalue weighted by atomic mass is 10.2. The fraction of sp³-hybridized carbons (Fsp3) is 0.435. The van der Waals surface area contributed by atoms with Gasteiger partial charge in [-0.25, -0.2) is 0 Å². The zero-order valence-electron chi connectivity index (χ0n) is 17.8. The van der Waals surface area contributed by atoms with Gasteiger partial charge in [-0.15, -0.1) is 0 Å². The molecule has 1 aliphatic rings. The highest BCUT2D eigenvalue weighted by atomic mass is 16.5. The van der Waals surface area contributed by atoms with Crippen LogP contribution in [0.4, 0.5) is 0 Å². The van der Waals surface area contributed by atoms with Gasteiger partial charge in [0.25, 0.3) is 0 Å². The third kappa shape index (κ3) is 6.64. The summed E-state index contributed by atoms with van der Waals surface area (Å²) in [6.07, 6.45) is 0. The Morgan fingerprint density at radius 1 is 0.900 bits per heavy atom. The molecule has 30 heavy (non-hydrogen) atoms. The van der Waals surface area contributed by atoms with Crippen LogP contribution in [0.3, 0.4) is 0 Å². The Morgan fingerprint density at radius 3 is 2.23 bits per heavy atom. The Balaban J connectivity index is 1.31. The second-order valence-corrected chi connectivity index (χ2v) is 7.25. The first kappa shape index (κ1) is 21.9. The maximum Gasteiger partial charge on any atom is 0.234 e. The van der Waals surface area contributed by atoms with E-state index in [0.29, 0.717) is 31.2 Å². The van der Waals surface area contributed by atoms with Crippen molar-refractivity contribution in [2.24, 2.45) is 0 Å². The quantitative estimate of drug-likeness (QED) is 0.602. The van der Waals surface area contributed by atoms with E-state index in [-0.39, 0.29) is 5.91 Å². The minimum absolute atomic E-state index is 0.0298. The van der Waals surface area contributed by atoms with Crippen molar-refractivity contribution in [3.63, 3.8) is 0 Å². The number of ether oxygens (including phenoxy) is 3. The summed E-state index contributed by atoms with van der Waals surface area (Å²) in [5.41, 5.74) is 1.28. The van der Waals surface area contributed by atoms with Gasteiger partial charge in [-0.05, 0) is 29.8 Å². The molecule has 0 spiro atoms. The molecule has 1 saturated heterocycles. The summed E-state index contributed by atoms with van der Waals surface area (Å²) in [6.45, 7) is 5.90. The minimum Gasteiger partial charge on any atom is -0.497 e. The molecule has 0 aliphatic carbocycles. The summed E-state index contributed by atoms with van der Waals surface area (Å²) in [5.74, 6) is 2.28. The number of benzene rings is 2. The summed E-state index contributed by atoms with van der Waals surface area (Å²) in [6, 6.07) is 15.7. The lowest BCUT2D eigenvalue weighted by Crippen LogP contribution is -2.49. The predicted octanol–water partition coefficient (Wildman–Crippen LogP) is 2.02. The molecular weight excluding hydrogens is 382 g/mol. The first-order valence-corrected chi connectivity index (χ1v) is 10.3. The molecule has 0 bridgehead atoms. The Morgan fingerprint density at radius 2 is 1.57 bits per heavy atom. The summed E-state index contributed by atoms with van der Waals surface area (Å²) in [7, 11) is 3.29. The van der Waals surface area contributed by atoms with Gasteiger partial charge in [0.05, 0.1) is 27.3 Å². The molecule has 1 heterocycles. The number of carbonyl (C=O) groups excluding carboxylic acids is 1. The second kappa shape index (κ2) is 11.4. The van der Waals surface area contributed by atoms with Crippen LogP contribution in [0.1, 0.15) is 5.56 Å². The molecule has 0 atom stereocenters. The van der Waals surface area contributed by atoms with Crippen LogP contribution in [-0.2, 0) is 11.3 Å². The van der Waals surface area contributed by atoms with E-state index in [4.69, 9.17) is 14.2 Å². The van der Waals surface area contributed by atoms with Gasteiger partial charge in [-0.2, -0.15) is 0 Å². The fourth-order valence-corrected chi connectivity index (χ4v) is 3.44. The molecule has 1 N–H and O–H groups in total. The van der Waals surface area contributed by atoms with Crippen molar-refractivity contribution in [1.82, 2.24) is 15.1 Å². The number of para-hydroxylation sites is 2. The number of amides is 1. The largest absolute Gasteiger partial charge is 0.497 e. The van der Waals surface area contributed by atoms with Crippen molar-refractivity contribution in [2.75, 3.05) is 60.1 Å². The minimum atomic E-state index is 0.0298. The lowest BCUT2D eigenvalue weighted by molar-refractivity contribution is -0.122. The molecule has 1 fully saturated rings. The van der Waals surface area contributed by atoms with Gasteiger partial charge in [0, 0.05) is 32.7 Å². The van der Waals surface area contributed by atoms with Crippen LogP contribution in [-0.4, -0.2) is 75.8 Å². The summed E-state index contributed by atoms with van der Waals surface area (Å²) < 4.78 is 16.1. The fourth-order valence-electron chi connectivity index (χ4n) is 3.44. The van der Waals surface area contributed by atoms with Crippen molar-refractivity contribution in [3.05, 3.63) is 54.1 Å². The molecule has 7 heteroatoms. The van der Waals surface area contributed by atoms with Crippen LogP contribution in [0.25, 0.3) is 0 Å². The van der Waals surface area contributed by atoms with Gasteiger partial charge >= 0.3 is 0 Å². The van der Waals surface area contributed by atoms with Gasteiger partial charge in [-0.1, -0.05) is 24.3 Å². The smallest absolute Gasteiger partial charge is 0.234 e. The Labute approximate surface area is 178 Å². The van der Waals surface area contributed by atoms with Gasteiger partial charge in [0.1, 0.15) is 12.4 Å². The van der Waals surface area contributed by atoms with Crippen molar-refractivity contribution >= 4 is 5.91 Å². The number of hydrogen-bond acceptors (Lipinski definition) is 6. The van der Waals surface area contributed by atoms with Crippen LogP contribution in [0.15, 0.2) is 48.5 Å². The highest BCUT2D eigenvalue weighted by Gasteiger charge is 2.19. The average molecular weight is 414 g/mol. The maximum atomic E-state index is 12.2. The van der Waals surface area contributed by atoms with Crippen molar-refractivity contribution in [1.29, 1.82) is 0 Å². The number of nitrogens with zero attached hydrogens (tertiary/aromatic N) is 2. The molecule has 1 aliphatic heterocycles. The van der Waals surface area contributed by atoms with Gasteiger partial charge in [0.15, 0.2) is 11.5 Å². The van der Waals surface area contributed by atoms with E-state index in [2.05, 4.69) is 27.2 Å². The van der Waals surface area contributed by atoms with Crippen molar-refractivity contribution < 1.29 is 19.0 Å².